The maximum Gasteiger partial charge on any atom is 0.293 e. The second-order valence-electron chi connectivity index (χ2n) is 5.66. The molecule has 5 heteroatoms. The standard InChI is InChI=1S/C18H21N3O2/c1-14-8-10-15(11-9-14)12-21(2)13-17(22)19-20-18(23)16-6-4-3-5-7-16/h3-11H,12-13H2,1-2H3,(H,19,22)(H,20,23)/p+1. The summed E-state index contributed by atoms with van der Waals surface area (Å²) in [5.41, 5.74) is 7.77. The van der Waals surface area contributed by atoms with Gasteiger partial charge in [0.25, 0.3) is 11.8 Å². The number of carbonyl (C=O) groups is 2. The van der Waals surface area contributed by atoms with Gasteiger partial charge in [-0.2, -0.15) is 0 Å². The summed E-state index contributed by atoms with van der Waals surface area (Å²) in [6.45, 7) is 3.08. The Morgan fingerprint density at radius 2 is 1.61 bits per heavy atom. The first-order valence-electron chi connectivity index (χ1n) is 7.55. The fraction of sp³-hybridized carbons (Fsp3) is 0.222. The van der Waals surface area contributed by atoms with Gasteiger partial charge in [-0.05, 0) is 19.1 Å². The summed E-state index contributed by atoms with van der Waals surface area (Å²) in [6.07, 6.45) is 0. The Balaban J connectivity index is 1.75. The highest BCUT2D eigenvalue weighted by atomic mass is 16.2. The van der Waals surface area contributed by atoms with E-state index in [4.69, 9.17) is 0 Å². The van der Waals surface area contributed by atoms with Crippen LogP contribution in [-0.4, -0.2) is 25.4 Å². The molecule has 120 valence electrons. The predicted octanol–water partition coefficient (Wildman–Crippen LogP) is 0.471. The van der Waals surface area contributed by atoms with Crippen LogP contribution >= 0.6 is 0 Å². The Kier molecular flexibility index (Phi) is 5.88. The summed E-state index contributed by atoms with van der Waals surface area (Å²) < 4.78 is 0. The van der Waals surface area contributed by atoms with Crippen molar-refractivity contribution in [3.05, 3.63) is 71.3 Å². The van der Waals surface area contributed by atoms with Gasteiger partial charge >= 0.3 is 0 Å². The fourth-order valence-corrected chi connectivity index (χ4v) is 2.22. The zero-order valence-electron chi connectivity index (χ0n) is 13.4. The highest BCUT2D eigenvalue weighted by Gasteiger charge is 2.12. The van der Waals surface area contributed by atoms with Crippen LogP contribution < -0.4 is 15.8 Å². The summed E-state index contributed by atoms with van der Waals surface area (Å²) in [7, 11) is 1.94. The first-order chi connectivity index (χ1) is 11.0. The quantitative estimate of drug-likeness (QED) is 0.703. The lowest BCUT2D eigenvalue weighted by molar-refractivity contribution is -0.885. The smallest absolute Gasteiger partial charge is 0.293 e. The molecule has 23 heavy (non-hydrogen) atoms. The average molecular weight is 312 g/mol. The Labute approximate surface area is 136 Å². The van der Waals surface area contributed by atoms with Crippen LogP contribution in [0.4, 0.5) is 0 Å². The number of hydrazine groups is 1. The van der Waals surface area contributed by atoms with Gasteiger partial charge in [0, 0.05) is 11.1 Å². The van der Waals surface area contributed by atoms with Crippen molar-refractivity contribution in [2.75, 3.05) is 13.6 Å². The van der Waals surface area contributed by atoms with Crippen molar-refractivity contribution in [3.63, 3.8) is 0 Å². The van der Waals surface area contributed by atoms with Gasteiger partial charge in [0.15, 0.2) is 6.54 Å². The molecule has 2 rings (SSSR count). The number of rotatable bonds is 5. The summed E-state index contributed by atoms with van der Waals surface area (Å²) >= 11 is 0. The number of likely N-dealkylation sites (N-methyl/N-ethyl adjacent to an activating group) is 1. The topological polar surface area (TPSA) is 62.6 Å². The van der Waals surface area contributed by atoms with Crippen LogP contribution in [0.2, 0.25) is 0 Å². The van der Waals surface area contributed by atoms with Gasteiger partial charge in [-0.15, -0.1) is 0 Å². The third kappa shape index (κ3) is 5.56. The maximum atomic E-state index is 11.9. The van der Waals surface area contributed by atoms with Crippen LogP contribution in [0.15, 0.2) is 54.6 Å². The molecule has 2 amide bonds. The highest BCUT2D eigenvalue weighted by Crippen LogP contribution is 2.01. The van der Waals surface area contributed by atoms with Gasteiger partial charge in [-0.25, -0.2) is 0 Å². The molecule has 0 fully saturated rings. The molecule has 1 atom stereocenters. The van der Waals surface area contributed by atoms with E-state index in [0.29, 0.717) is 5.56 Å². The summed E-state index contributed by atoms with van der Waals surface area (Å²) in [4.78, 5) is 24.8. The molecule has 0 aliphatic rings. The molecule has 2 aromatic carbocycles. The van der Waals surface area contributed by atoms with E-state index in [1.807, 2.05) is 20.0 Å². The number of carbonyl (C=O) groups excluding carboxylic acids is 2. The van der Waals surface area contributed by atoms with Gasteiger partial charge in [-0.1, -0.05) is 48.0 Å². The van der Waals surface area contributed by atoms with E-state index in [1.54, 1.807) is 24.3 Å². The monoisotopic (exact) mass is 312 g/mol. The first-order valence-corrected chi connectivity index (χ1v) is 7.55. The number of aryl methyl sites for hydroxylation is 1. The Bertz CT molecular complexity index is 654. The van der Waals surface area contributed by atoms with Gasteiger partial charge in [0.2, 0.25) is 0 Å². The molecular formula is C18H22N3O2+. The van der Waals surface area contributed by atoms with E-state index in [-0.39, 0.29) is 18.4 Å². The fourth-order valence-electron chi connectivity index (χ4n) is 2.22. The Morgan fingerprint density at radius 3 is 2.26 bits per heavy atom. The molecule has 0 radical (unpaired) electrons. The molecule has 1 unspecified atom stereocenters. The molecular weight excluding hydrogens is 290 g/mol. The highest BCUT2D eigenvalue weighted by molar-refractivity contribution is 5.95. The van der Waals surface area contributed by atoms with Crippen LogP contribution in [-0.2, 0) is 11.3 Å². The van der Waals surface area contributed by atoms with Crippen molar-refractivity contribution < 1.29 is 14.5 Å². The molecule has 3 N–H and O–H groups in total. The Hall–Kier alpha value is -2.66. The molecule has 0 aliphatic carbocycles. The zero-order chi connectivity index (χ0) is 16.7. The maximum absolute atomic E-state index is 11.9. The van der Waals surface area contributed by atoms with Crippen LogP contribution in [0.25, 0.3) is 0 Å². The number of hydrogen-bond acceptors (Lipinski definition) is 2. The molecule has 0 aromatic heterocycles. The SMILES string of the molecule is Cc1ccc(C[NH+](C)CC(=O)NNC(=O)c2ccccc2)cc1. The van der Waals surface area contributed by atoms with Crippen LogP contribution in [0.3, 0.4) is 0 Å². The van der Waals surface area contributed by atoms with E-state index in [9.17, 15) is 9.59 Å². The number of nitrogens with one attached hydrogen (secondary N) is 3. The number of amides is 2. The normalized spacial score (nSPS) is 11.6. The third-order valence-corrected chi connectivity index (χ3v) is 3.44. The first kappa shape index (κ1) is 16.7. The van der Waals surface area contributed by atoms with E-state index in [2.05, 4.69) is 35.1 Å². The van der Waals surface area contributed by atoms with Crippen LogP contribution in [0.5, 0.6) is 0 Å². The molecule has 0 saturated heterocycles. The third-order valence-electron chi connectivity index (χ3n) is 3.44. The molecule has 0 heterocycles. The van der Waals surface area contributed by atoms with Gasteiger partial charge in [0.1, 0.15) is 6.54 Å². The van der Waals surface area contributed by atoms with Gasteiger partial charge in [0.05, 0.1) is 7.05 Å². The van der Waals surface area contributed by atoms with Crippen LogP contribution in [0.1, 0.15) is 21.5 Å². The van der Waals surface area contributed by atoms with Crippen molar-refractivity contribution in [1.82, 2.24) is 10.9 Å². The molecule has 0 bridgehead atoms. The molecule has 0 spiro atoms. The van der Waals surface area contributed by atoms with Gasteiger partial charge < -0.3 is 4.90 Å². The molecule has 0 aliphatic heterocycles. The van der Waals surface area contributed by atoms with E-state index in [1.165, 1.54) is 11.1 Å². The minimum absolute atomic E-state index is 0.223. The number of hydrogen-bond donors (Lipinski definition) is 3. The van der Waals surface area contributed by atoms with E-state index >= 15 is 0 Å². The molecule has 0 saturated carbocycles. The molecule has 5 nitrogen and oxygen atoms in total. The molecule has 2 aromatic rings. The lowest BCUT2D eigenvalue weighted by atomic mass is 10.1. The minimum atomic E-state index is -0.324. The Morgan fingerprint density at radius 1 is 0.957 bits per heavy atom. The number of quaternary nitrogens is 1. The second-order valence-corrected chi connectivity index (χ2v) is 5.66. The van der Waals surface area contributed by atoms with Crippen molar-refractivity contribution in [1.29, 1.82) is 0 Å². The van der Waals surface area contributed by atoms with Crippen molar-refractivity contribution >= 4 is 11.8 Å². The summed E-state index contributed by atoms with van der Waals surface area (Å²) in [5, 5.41) is 0. The minimum Gasteiger partial charge on any atom is -0.326 e. The predicted molar refractivity (Wildman–Crippen MR) is 88.7 cm³/mol. The van der Waals surface area contributed by atoms with Gasteiger partial charge in [-0.3, -0.25) is 20.4 Å². The average Bonchev–Trinajstić information content (AvgIpc) is 2.55. The van der Waals surface area contributed by atoms with Crippen molar-refractivity contribution in [3.8, 4) is 0 Å². The summed E-state index contributed by atoms with van der Waals surface area (Å²) in [6, 6.07) is 17.0. The summed E-state index contributed by atoms with van der Waals surface area (Å²) in [5.74, 6) is -0.547. The zero-order valence-corrected chi connectivity index (χ0v) is 13.4. The van der Waals surface area contributed by atoms with E-state index in [0.717, 1.165) is 11.4 Å². The lowest BCUT2D eigenvalue weighted by Crippen LogP contribution is -3.09. The van der Waals surface area contributed by atoms with Crippen molar-refractivity contribution in [2.45, 2.75) is 13.5 Å². The van der Waals surface area contributed by atoms with E-state index < -0.39 is 0 Å². The van der Waals surface area contributed by atoms with Crippen LogP contribution in [0, 0.1) is 6.92 Å². The largest absolute Gasteiger partial charge is 0.326 e. The lowest BCUT2D eigenvalue weighted by Gasteiger charge is -2.14. The number of benzene rings is 2. The van der Waals surface area contributed by atoms with Crippen molar-refractivity contribution in [2.24, 2.45) is 0 Å². The second kappa shape index (κ2) is 8.10.